The highest BCUT2D eigenvalue weighted by atomic mass is 32.2. The predicted octanol–water partition coefficient (Wildman–Crippen LogP) is 2.44. The Morgan fingerprint density at radius 2 is 2.15 bits per heavy atom. The van der Waals surface area contributed by atoms with Gasteiger partial charge in [-0.05, 0) is 25.0 Å². The molecule has 2 unspecified atom stereocenters. The zero-order chi connectivity index (χ0) is 15.3. The van der Waals surface area contributed by atoms with Crippen LogP contribution in [0.1, 0.15) is 24.2 Å². The van der Waals surface area contributed by atoms with Crippen LogP contribution < -0.4 is 5.32 Å². The molecule has 0 radical (unpaired) electrons. The van der Waals surface area contributed by atoms with Gasteiger partial charge in [0, 0.05) is 30.6 Å². The number of hydrogen-bond acceptors (Lipinski definition) is 4. The van der Waals surface area contributed by atoms with E-state index in [1.165, 1.54) is 18.3 Å². The molecule has 0 bridgehead atoms. The lowest BCUT2D eigenvalue weighted by atomic mass is 10.0. The minimum Gasteiger partial charge on any atom is -0.396 e. The molecule has 0 aliphatic heterocycles. The summed E-state index contributed by atoms with van der Waals surface area (Å²) < 4.78 is 37.2. The predicted molar refractivity (Wildman–Crippen MR) is 69.3 cm³/mol. The Labute approximate surface area is 118 Å². The van der Waals surface area contributed by atoms with Crippen LogP contribution in [-0.2, 0) is 0 Å². The summed E-state index contributed by atoms with van der Waals surface area (Å²) in [4.78, 5) is 15.6. The number of halogens is 3. The van der Waals surface area contributed by atoms with E-state index in [0.717, 1.165) is 0 Å². The molecule has 1 amide bonds. The molecule has 1 rings (SSSR count). The van der Waals surface area contributed by atoms with E-state index in [1.54, 1.807) is 13.8 Å². The molecule has 1 aromatic heterocycles. The quantitative estimate of drug-likeness (QED) is 0.820. The Morgan fingerprint density at radius 1 is 1.50 bits per heavy atom. The number of carbonyl (C=O) groups excluding carboxylic acids is 1. The fourth-order valence-corrected chi connectivity index (χ4v) is 1.94. The van der Waals surface area contributed by atoms with E-state index in [9.17, 15) is 18.0 Å². The molecule has 0 aliphatic carbocycles. The van der Waals surface area contributed by atoms with Gasteiger partial charge in [0.25, 0.3) is 5.91 Å². The normalized spacial score (nSPS) is 14.7. The number of hydrogen-bond donors (Lipinski definition) is 2. The summed E-state index contributed by atoms with van der Waals surface area (Å²) in [7, 11) is 0. The van der Waals surface area contributed by atoms with Gasteiger partial charge in [0.15, 0.2) is 0 Å². The second-order valence-electron chi connectivity index (χ2n) is 4.33. The smallest absolute Gasteiger partial charge is 0.396 e. The maximum Gasteiger partial charge on any atom is 0.447 e. The fourth-order valence-electron chi connectivity index (χ4n) is 1.34. The van der Waals surface area contributed by atoms with Gasteiger partial charge in [0.2, 0.25) is 0 Å². The number of carbonyl (C=O) groups is 1. The van der Waals surface area contributed by atoms with Gasteiger partial charge in [-0.3, -0.25) is 4.79 Å². The lowest BCUT2D eigenvalue weighted by Gasteiger charge is -2.19. The van der Waals surface area contributed by atoms with Crippen LogP contribution in [0.2, 0.25) is 0 Å². The molecule has 8 heteroatoms. The van der Waals surface area contributed by atoms with Gasteiger partial charge in [0.1, 0.15) is 5.03 Å². The third-order valence-corrected chi connectivity index (χ3v) is 3.48. The van der Waals surface area contributed by atoms with Crippen LogP contribution in [-0.4, -0.2) is 34.2 Å². The first kappa shape index (κ1) is 16.8. The Bertz CT molecular complexity index is 468. The second kappa shape index (κ2) is 6.94. The number of aromatic nitrogens is 1. The number of aliphatic hydroxyl groups is 1. The SMILES string of the molecule is CC(CO)C(C)NC(=O)c1cccnc1SC(F)(F)F. The van der Waals surface area contributed by atoms with Gasteiger partial charge >= 0.3 is 5.51 Å². The molecule has 2 atom stereocenters. The first-order valence-electron chi connectivity index (χ1n) is 5.87. The summed E-state index contributed by atoms with van der Waals surface area (Å²) in [5.74, 6) is -0.841. The Balaban J connectivity index is 2.88. The molecule has 0 saturated carbocycles. The summed E-state index contributed by atoms with van der Waals surface area (Å²) in [5, 5.41) is 11.1. The van der Waals surface area contributed by atoms with Gasteiger partial charge in [-0.25, -0.2) is 4.98 Å². The highest BCUT2D eigenvalue weighted by Gasteiger charge is 2.32. The van der Waals surface area contributed by atoms with Crippen LogP contribution in [0.3, 0.4) is 0 Å². The van der Waals surface area contributed by atoms with Crippen molar-refractivity contribution < 1.29 is 23.1 Å². The van der Waals surface area contributed by atoms with Crippen LogP contribution in [0, 0.1) is 5.92 Å². The number of alkyl halides is 3. The monoisotopic (exact) mass is 308 g/mol. The summed E-state index contributed by atoms with van der Waals surface area (Å²) >= 11 is -0.424. The van der Waals surface area contributed by atoms with Crippen molar-refractivity contribution in [1.29, 1.82) is 0 Å². The Morgan fingerprint density at radius 3 is 2.70 bits per heavy atom. The molecule has 0 aliphatic rings. The van der Waals surface area contributed by atoms with Crippen molar-refractivity contribution in [3.05, 3.63) is 23.9 Å². The van der Waals surface area contributed by atoms with Gasteiger partial charge < -0.3 is 10.4 Å². The second-order valence-corrected chi connectivity index (χ2v) is 5.38. The number of nitrogens with zero attached hydrogens (tertiary/aromatic N) is 1. The van der Waals surface area contributed by atoms with E-state index < -0.39 is 23.2 Å². The number of pyridine rings is 1. The summed E-state index contributed by atoms with van der Waals surface area (Å²) in [6.07, 6.45) is 1.20. The van der Waals surface area contributed by atoms with Crippen LogP contribution in [0.15, 0.2) is 23.4 Å². The summed E-state index contributed by atoms with van der Waals surface area (Å²) in [6.45, 7) is 3.27. The van der Waals surface area contributed by atoms with Gasteiger partial charge in [0.05, 0.1) is 5.56 Å². The number of nitrogens with one attached hydrogen (secondary N) is 1. The fraction of sp³-hybridized carbons (Fsp3) is 0.500. The number of rotatable bonds is 5. The van der Waals surface area contributed by atoms with Crippen LogP contribution in [0.25, 0.3) is 0 Å². The zero-order valence-corrected chi connectivity index (χ0v) is 11.8. The Kier molecular flexibility index (Phi) is 5.82. The maximum absolute atomic E-state index is 12.4. The van der Waals surface area contributed by atoms with Gasteiger partial charge in [-0.2, -0.15) is 13.2 Å². The topological polar surface area (TPSA) is 62.2 Å². The molecule has 112 valence electrons. The van der Waals surface area contributed by atoms with Crippen LogP contribution in [0.4, 0.5) is 13.2 Å². The van der Waals surface area contributed by atoms with Crippen molar-refractivity contribution in [2.45, 2.75) is 30.4 Å². The molecule has 0 spiro atoms. The van der Waals surface area contributed by atoms with E-state index in [4.69, 9.17) is 5.11 Å². The molecular formula is C12H15F3N2O2S. The van der Waals surface area contributed by atoms with E-state index in [2.05, 4.69) is 10.3 Å². The third kappa shape index (κ3) is 5.01. The molecule has 1 aromatic rings. The van der Waals surface area contributed by atoms with Crippen LogP contribution >= 0.6 is 11.8 Å². The molecule has 20 heavy (non-hydrogen) atoms. The van der Waals surface area contributed by atoms with Crippen molar-refractivity contribution >= 4 is 17.7 Å². The lowest BCUT2D eigenvalue weighted by molar-refractivity contribution is -0.0329. The zero-order valence-electron chi connectivity index (χ0n) is 10.9. The molecule has 4 nitrogen and oxygen atoms in total. The highest BCUT2D eigenvalue weighted by Crippen LogP contribution is 2.37. The average molecular weight is 308 g/mol. The van der Waals surface area contributed by atoms with Crippen molar-refractivity contribution in [1.82, 2.24) is 10.3 Å². The largest absolute Gasteiger partial charge is 0.447 e. The molecule has 0 aromatic carbocycles. The average Bonchev–Trinajstić information content (AvgIpc) is 2.36. The first-order valence-corrected chi connectivity index (χ1v) is 6.68. The number of aliphatic hydroxyl groups excluding tert-OH is 1. The van der Waals surface area contributed by atoms with Crippen molar-refractivity contribution in [3.63, 3.8) is 0 Å². The van der Waals surface area contributed by atoms with Crippen molar-refractivity contribution in [2.75, 3.05) is 6.61 Å². The highest BCUT2D eigenvalue weighted by molar-refractivity contribution is 8.00. The molecule has 2 N–H and O–H groups in total. The summed E-state index contributed by atoms with van der Waals surface area (Å²) in [6, 6.07) is 2.32. The number of thioether (sulfide) groups is 1. The summed E-state index contributed by atoms with van der Waals surface area (Å²) in [5.41, 5.74) is -4.64. The molecule has 1 heterocycles. The minimum absolute atomic E-state index is 0.126. The van der Waals surface area contributed by atoms with E-state index in [-0.39, 0.29) is 29.2 Å². The van der Waals surface area contributed by atoms with Crippen LogP contribution in [0.5, 0.6) is 0 Å². The minimum atomic E-state index is -4.51. The lowest BCUT2D eigenvalue weighted by Crippen LogP contribution is -2.38. The molecule has 0 fully saturated rings. The van der Waals surface area contributed by atoms with Gasteiger partial charge in [-0.15, -0.1) is 0 Å². The Hall–Kier alpha value is -1.28. The maximum atomic E-state index is 12.4. The van der Waals surface area contributed by atoms with Crippen molar-refractivity contribution in [2.24, 2.45) is 5.92 Å². The van der Waals surface area contributed by atoms with Gasteiger partial charge in [-0.1, -0.05) is 6.92 Å². The van der Waals surface area contributed by atoms with Crippen molar-refractivity contribution in [3.8, 4) is 0 Å². The van der Waals surface area contributed by atoms with E-state index >= 15 is 0 Å². The number of amides is 1. The van der Waals surface area contributed by atoms with E-state index in [0.29, 0.717) is 0 Å². The standard InChI is InChI=1S/C12H15F3N2O2S/c1-7(6-18)8(2)17-10(19)9-4-3-5-16-11(9)20-12(13,14)15/h3-5,7-8,18H,6H2,1-2H3,(H,17,19). The third-order valence-electron chi connectivity index (χ3n) is 2.73. The molecular weight excluding hydrogens is 293 g/mol. The molecule has 0 saturated heterocycles. The van der Waals surface area contributed by atoms with E-state index in [1.807, 2.05) is 0 Å². The first-order chi connectivity index (χ1) is 9.24.